The molecule has 0 radical (unpaired) electrons. The molecule has 1 aromatic heterocycles. The Morgan fingerprint density at radius 2 is 2.00 bits per heavy atom. The van der Waals surface area contributed by atoms with Crippen LogP contribution in [0.2, 0.25) is 0 Å². The third-order valence-electron chi connectivity index (χ3n) is 2.42. The molecule has 1 atom stereocenters. The Balaban J connectivity index is 2.78. The summed E-state index contributed by atoms with van der Waals surface area (Å²) in [5, 5.41) is 11.5. The number of hydrogen-bond acceptors (Lipinski definition) is 4. The molecule has 2 N–H and O–H groups in total. The van der Waals surface area contributed by atoms with Crippen molar-refractivity contribution >= 4 is 11.9 Å². The van der Waals surface area contributed by atoms with Crippen LogP contribution in [0.25, 0.3) is 0 Å². The molecule has 0 unspecified atom stereocenters. The maximum absolute atomic E-state index is 11.9. The van der Waals surface area contributed by atoms with Crippen molar-refractivity contribution in [1.82, 2.24) is 10.3 Å². The van der Waals surface area contributed by atoms with E-state index in [0.717, 1.165) is 0 Å². The highest BCUT2D eigenvalue weighted by Gasteiger charge is 2.24. The van der Waals surface area contributed by atoms with Crippen LogP contribution in [0.15, 0.2) is 4.42 Å². The van der Waals surface area contributed by atoms with Crippen LogP contribution in [0.4, 0.5) is 0 Å². The molecular formula is C12H18N2O4. The Labute approximate surface area is 105 Å². The average molecular weight is 254 g/mol. The van der Waals surface area contributed by atoms with Crippen molar-refractivity contribution in [2.24, 2.45) is 5.92 Å². The van der Waals surface area contributed by atoms with Crippen LogP contribution in [0.5, 0.6) is 0 Å². The Bertz CT molecular complexity index is 451. The molecule has 0 aliphatic carbocycles. The highest BCUT2D eigenvalue weighted by atomic mass is 16.4. The van der Waals surface area contributed by atoms with Crippen molar-refractivity contribution in [2.45, 2.75) is 40.2 Å². The lowest BCUT2D eigenvalue weighted by Crippen LogP contribution is -2.41. The van der Waals surface area contributed by atoms with Crippen molar-refractivity contribution in [3.8, 4) is 0 Å². The van der Waals surface area contributed by atoms with Gasteiger partial charge in [-0.05, 0) is 19.3 Å². The number of carbonyl (C=O) groups is 2. The number of carboxylic acids is 1. The lowest BCUT2D eigenvalue weighted by atomic mass is 10.0. The Kier molecular flexibility index (Phi) is 4.47. The molecule has 100 valence electrons. The van der Waals surface area contributed by atoms with Gasteiger partial charge in [-0.3, -0.25) is 4.79 Å². The van der Waals surface area contributed by atoms with Crippen molar-refractivity contribution < 1.29 is 19.1 Å². The second-order valence-corrected chi connectivity index (χ2v) is 4.64. The van der Waals surface area contributed by atoms with E-state index in [1.807, 2.05) is 13.8 Å². The molecule has 0 saturated heterocycles. The average Bonchev–Trinajstić information content (AvgIpc) is 2.56. The number of rotatable bonds is 5. The van der Waals surface area contributed by atoms with Gasteiger partial charge in [-0.15, -0.1) is 0 Å². The minimum absolute atomic E-state index is 0.0718. The molecule has 18 heavy (non-hydrogen) atoms. The van der Waals surface area contributed by atoms with Crippen molar-refractivity contribution in [3.63, 3.8) is 0 Å². The zero-order chi connectivity index (χ0) is 13.9. The molecule has 1 rings (SSSR count). The zero-order valence-electron chi connectivity index (χ0n) is 11.0. The maximum atomic E-state index is 11.9. The molecule has 1 heterocycles. The number of nitrogens with zero attached hydrogens (tertiary/aromatic N) is 1. The molecule has 0 aromatic carbocycles. The molecule has 0 aliphatic rings. The number of carbonyl (C=O) groups excluding carboxylic acids is 1. The lowest BCUT2D eigenvalue weighted by molar-refractivity contribution is -0.139. The van der Waals surface area contributed by atoms with E-state index in [2.05, 4.69) is 10.3 Å². The normalized spacial score (nSPS) is 12.5. The van der Waals surface area contributed by atoms with Gasteiger partial charge in [0.25, 0.3) is 5.91 Å². The third-order valence-corrected chi connectivity index (χ3v) is 2.42. The highest BCUT2D eigenvalue weighted by Crippen LogP contribution is 2.11. The third kappa shape index (κ3) is 3.58. The number of aliphatic carboxylic acids is 1. The molecule has 0 saturated carbocycles. The van der Waals surface area contributed by atoms with Crippen LogP contribution >= 0.6 is 0 Å². The molecule has 6 nitrogen and oxygen atoms in total. The van der Waals surface area contributed by atoms with Gasteiger partial charge in [0.2, 0.25) is 5.76 Å². The first-order valence-electron chi connectivity index (χ1n) is 5.79. The summed E-state index contributed by atoms with van der Waals surface area (Å²) in [5.41, 5.74) is 0.457. The number of nitrogens with one attached hydrogen (secondary N) is 1. The van der Waals surface area contributed by atoms with Crippen LogP contribution in [-0.2, 0) is 4.79 Å². The Morgan fingerprint density at radius 1 is 1.39 bits per heavy atom. The van der Waals surface area contributed by atoms with E-state index >= 15 is 0 Å². The summed E-state index contributed by atoms with van der Waals surface area (Å²) in [4.78, 5) is 26.9. The summed E-state index contributed by atoms with van der Waals surface area (Å²) in [7, 11) is 0. The first-order chi connectivity index (χ1) is 8.31. The molecule has 0 aliphatic heterocycles. The van der Waals surface area contributed by atoms with Gasteiger partial charge in [0.1, 0.15) is 6.04 Å². The minimum Gasteiger partial charge on any atom is -0.480 e. The van der Waals surface area contributed by atoms with E-state index in [0.29, 0.717) is 18.0 Å². The topological polar surface area (TPSA) is 92.4 Å². The summed E-state index contributed by atoms with van der Waals surface area (Å²) in [6.45, 7) is 7.06. The van der Waals surface area contributed by atoms with Gasteiger partial charge < -0.3 is 14.8 Å². The first kappa shape index (κ1) is 14.2. The zero-order valence-corrected chi connectivity index (χ0v) is 11.0. The van der Waals surface area contributed by atoms with Gasteiger partial charge in [0.05, 0.1) is 5.69 Å². The van der Waals surface area contributed by atoms with Gasteiger partial charge in [0.15, 0.2) is 5.89 Å². The van der Waals surface area contributed by atoms with Crippen molar-refractivity contribution in [2.75, 3.05) is 0 Å². The van der Waals surface area contributed by atoms with Crippen molar-refractivity contribution in [1.29, 1.82) is 0 Å². The Morgan fingerprint density at radius 3 is 2.39 bits per heavy atom. The second-order valence-electron chi connectivity index (χ2n) is 4.64. The van der Waals surface area contributed by atoms with E-state index in [-0.39, 0.29) is 11.7 Å². The molecular weight excluding hydrogens is 236 g/mol. The number of aromatic nitrogens is 1. The predicted molar refractivity (Wildman–Crippen MR) is 64.3 cm³/mol. The fraction of sp³-hybridized carbons (Fsp3) is 0.583. The first-order valence-corrected chi connectivity index (χ1v) is 5.79. The van der Waals surface area contributed by atoms with Crippen LogP contribution < -0.4 is 5.32 Å². The van der Waals surface area contributed by atoms with Gasteiger partial charge >= 0.3 is 5.97 Å². The quantitative estimate of drug-likeness (QED) is 0.831. The summed E-state index contributed by atoms with van der Waals surface area (Å²) in [6, 6.07) is -0.915. The van der Waals surface area contributed by atoms with E-state index in [9.17, 15) is 9.59 Å². The second kappa shape index (κ2) is 5.66. The van der Waals surface area contributed by atoms with Crippen molar-refractivity contribution in [3.05, 3.63) is 17.3 Å². The number of aryl methyl sites for hydroxylation is 2. The van der Waals surface area contributed by atoms with E-state index in [1.165, 1.54) is 0 Å². The largest absolute Gasteiger partial charge is 0.480 e. The van der Waals surface area contributed by atoms with E-state index in [1.54, 1.807) is 13.8 Å². The van der Waals surface area contributed by atoms with Crippen LogP contribution in [0, 0.1) is 19.8 Å². The summed E-state index contributed by atoms with van der Waals surface area (Å²) < 4.78 is 5.15. The predicted octanol–water partition coefficient (Wildman–Crippen LogP) is 1.52. The maximum Gasteiger partial charge on any atom is 0.326 e. The van der Waals surface area contributed by atoms with Crippen LogP contribution in [-0.4, -0.2) is 28.0 Å². The van der Waals surface area contributed by atoms with Gasteiger partial charge in [-0.1, -0.05) is 13.8 Å². The molecule has 1 aromatic rings. The van der Waals surface area contributed by atoms with Crippen LogP contribution in [0.1, 0.15) is 42.4 Å². The van der Waals surface area contributed by atoms with E-state index in [4.69, 9.17) is 9.52 Å². The number of oxazole rings is 1. The summed E-state index contributed by atoms with van der Waals surface area (Å²) in [5.74, 6) is -0.966. The van der Waals surface area contributed by atoms with Gasteiger partial charge in [-0.2, -0.15) is 0 Å². The standard InChI is InChI=1S/C12H18N2O4/c1-6(2)5-9(12(16)17)14-11(15)10-7(3)13-8(4)18-10/h6,9H,5H2,1-4H3,(H,14,15)(H,16,17)/t9-/m0/s1. The molecule has 0 bridgehead atoms. The fourth-order valence-corrected chi connectivity index (χ4v) is 1.66. The fourth-order valence-electron chi connectivity index (χ4n) is 1.66. The van der Waals surface area contributed by atoms with Gasteiger partial charge in [0, 0.05) is 6.92 Å². The number of hydrogen-bond donors (Lipinski definition) is 2. The molecule has 0 fully saturated rings. The SMILES string of the molecule is Cc1nc(C)c(C(=O)N[C@@H](CC(C)C)C(=O)O)o1. The summed E-state index contributed by atoms with van der Waals surface area (Å²) >= 11 is 0. The molecule has 0 spiro atoms. The van der Waals surface area contributed by atoms with Crippen LogP contribution in [0.3, 0.4) is 0 Å². The Hall–Kier alpha value is -1.85. The number of carboxylic acid groups (broad SMARTS) is 1. The highest BCUT2D eigenvalue weighted by molar-refractivity contribution is 5.95. The minimum atomic E-state index is -1.05. The molecule has 1 amide bonds. The smallest absolute Gasteiger partial charge is 0.326 e. The van der Waals surface area contributed by atoms with Gasteiger partial charge in [-0.25, -0.2) is 9.78 Å². The summed E-state index contributed by atoms with van der Waals surface area (Å²) in [6.07, 6.45) is 0.368. The molecule has 6 heteroatoms. The monoisotopic (exact) mass is 254 g/mol. The lowest BCUT2D eigenvalue weighted by Gasteiger charge is -2.15. The van der Waals surface area contributed by atoms with E-state index < -0.39 is 17.9 Å². The number of amides is 1.